The summed E-state index contributed by atoms with van der Waals surface area (Å²) in [6.07, 6.45) is 1.64. The Morgan fingerprint density at radius 1 is 1.24 bits per heavy atom. The molecule has 3 heterocycles. The number of aryl methyl sites for hydroxylation is 1. The number of nitrogens with one attached hydrogen (secondary N) is 1. The summed E-state index contributed by atoms with van der Waals surface area (Å²) in [5, 5.41) is 7.19. The van der Waals surface area contributed by atoms with Crippen molar-refractivity contribution in [2.75, 3.05) is 6.79 Å². The van der Waals surface area contributed by atoms with Crippen LogP contribution in [0.5, 0.6) is 11.5 Å². The lowest BCUT2D eigenvalue weighted by atomic mass is 9.94. The van der Waals surface area contributed by atoms with Crippen LogP contribution in [0.15, 0.2) is 30.5 Å². The molecule has 0 aliphatic carbocycles. The maximum absolute atomic E-state index is 12.6. The first-order chi connectivity index (χ1) is 11.9. The molecule has 1 aliphatic rings. The van der Waals surface area contributed by atoms with Crippen molar-refractivity contribution in [3.05, 3.63) is 47.5 Å². The Balaban J connectivity index is 1.61. The lowest BCUT2D eigenvalue weighted by molar-refractivity contribution is 0.0901. The summed E-state index contributed by atoms with van der Waals surface area (Å²) in [4.78, 5) is 20.9. The van der Waals surface area contributed by atoms with Crippen LogP contribution in [-0.4, -0.2) is 32.3 Å². The second-order valence-electron chi connectivity index (χ2n) is 6.38. The van der Waals surface area contributed by atoms with E-state index in [0.29, 0.717) is 17.3 Å². The molecule has 8 nitrogen and oxygen atoms in total. The highest BCUT2D eigenvalue weighted by Crippen LogP contribution is 2.35. The first-order valence-corrected chi connectivity index (χ1v) is 7.85. The molecular weight excluding hydrogens is 322 g/mol. The van der Waals surface area contributed by atoms with Crippen LogP contribution in [0.2, 0.25) is 0 Å². The van der Waals surface area contributed by atoms with E-state index in [4.69, 9.17) is 9.47 Å². The number of hydrogen-bond donors (Lipinski definition) is 1. The lowest BCUT2D eigenvalue weighted by Gasteiger charge is -2.26. The number of benzene rings is 1. The van der Waals surface area contributed by atoms with Crippen molar-refractivity contribution in [3.63, 3.8) is 0 Å². The molecule has 4 rings (SSSR count). The van der Waals surface area contributed by atoms with Crippen molar-refractivity contribution in [2.45, 2.75) is 26.3 Å². The van der Waals surface area contributed by atoms with Gasteiger partial charge in [0.15, 0.2) is 11.5 Å². The van der Waals surface area contributed by atoms with Crippen LogP contribution in [0.4, 0.5) is 0 Å². The summed E-state index contributed by atoms with van der Waals surface area (Å²) in [6.45, 7) is 5.90. The summed E-state index contributed by atoms with van der Waals surface area (Å²) in [6, 6.07) is 7.41. The maximum Gasteiger partial charge on any atom is 0.291 e. The molecule has 0 bridgehead atoms. The van der Waals surface area contributed by atoms with Crippen LogP contribution >= 0.6 is 0 Å². The van der Waals surface area contributed by atoms with E-state index in [1.807, 2.05) is 39.0 Å². The van der Waals surface area contributed by atoms with Gasteiger partial charge in [-0.1, -0.05) is 6.07 Å². The molecule has 0 saturated carbocycles. The summed E-state index contributed by atoms with van der Waals surface area (Å²) >= 11 is 0. The largest absolute Gasteiger partial charge is 0.454 e. The van der Waals surface area contributed by atoms with E-state index >= 15 is 0 Å². The summed E-state index contributed by atoms with van der Waals surface area (Å²) in [7, 11) is 0. The summed E-state index contributed by atoms with van der Waals surface area (Å²) < 4.78 is 12.3. The zero-order chi connectivity index (χ0) is 17.6. The van der Waals surface area contributed by atoms with Crippen LogP contribution in [0, 0.1) is 6.92 Å². The molecule has 1 amide bonds. The van der Waals surface area contributed by atoms with Gasteiger partial charge in [0.05, 0.1) is 5.54 Å². The first-order valence-electron chi connectivity index (χ1n) is 7.85. The van der Waals surface area contributed by atoms with Crippen molar-refractivity contribution in [1.29, 1.82) is 0 Å². The number of amides is 1. The monoisotopic (exact) mass is 339 g/mol. The molecule has 0 fully saturated rings. The molecule has 2 aromatic heterocycles. The molecule has 25 heavy (non-hydrogen) atoms. The summed E-state index contributed by atoms with van der Waals surface area (Å²) in [5.74, 6) is 1.48. The molecule has 0 saturated heterocycles. The summed E-state index contributed by atoms with van der Waals surface area (Å²) in [5.41, 5.74) is 1.10. The Morgan fingerprint density at radius 3 is 2.84 bits per heavy atom. The number of rotatable bonds is 3. The average Bonchev–Trinajstić information content (AvgIpc) is 3.21. The van der Waals surface area contributed by atoms with Gasteiger partial charge in [0, 0.05) is 11.9 Å². The number of carbonyl (C=O) groups excluding carboxylic acids is 1. The Hall–Kier alpha value is -3.16. The maximum atomic E-state index is 12.6. The van der Waals surface area contributed by atoms with Crippen LogP contribution < -0.4 is 14.8 Å². The van der Waals surface area contributed by atoms with E-state index in [2.05, 4.69) is 20.4 Å². The predicted molar refractivity (Wildman–Crippen MR) is 88.6 cm³/mol. The average molecular weight is 339 g/mol. The Bertz CT molecular complexity index is 980. The highest BCUT2D eigenvalue weighted by Gasteiger charge is 2.27. The van der Waals surface area contributed by atoms with Gasteiger partial charge in [0.2, 0.25) is 12.6 Å². The smallest absolute Gasteiger partial charge is 0.291 e. The fourth-order valence-corrected chi connectivity index (χ4v) is 2.70. The van der Waals surface area contributed by atoms with Crippen molar-refractivity contribution >= 4 is 11.7 Å². The molecule has 1 aromatic carbocycles. The van der Waals surface area contributed by atoms with Crippen molar-refractivity contribution in [2.24, 2.45) is 0 Å². The number of carbonyl (C=O) groups is 1. The Kier molecular flexibility index (Phi) is 3.34. The molecule has 0 spiro atoms. The van der Waals surface area contributed by atoms with Gasteiger partial charge >= 0.3 is 0 Å². The van der Waals surface area contributed by atoms with E-state index in [0.717, 1.165) is 11.3 Å². The molecule has 3 aromatic rings. The van der Waals surface area contributed by atoms with Gasteiger partial charge in [-0.25, -0.2) is 9.50 Å². The first kappa shape index (κ1) is 15.4. The van der Waals surface area contributed by atoms with E-state index in [1.165, 1.54) is 0 Å². The zero-order valence-corrected chi connectivity index (χ0v) is 14.1. The number of nitrogens with zero attached hydrogens (tertiary/aromatic N) is 4. The third-order valence-electron chi connectivity index (χ3n) is 4.15. The normalized spacial score (nSPS) is 13.2. The van der Waals surface area contributed by atoms with Gasteiger partial charge < -0.3 is 14.8 Å². The zero-order valence-electron chi connectivity index (χ0n) is 14.1. The van der Waals surface area contributed by atoms with Gasteiger partial charge in [0.25, 0.3) is 11.7 Å². The van der Waals surface area contributed by atoms with Gasteiger partial charge in [0.1, 0.15) is 0 Å². The predicted octanol–water partition coefficient (Wildman–Crippen LogP) is 1.83. The van der Waals surface area contributed by atoms with Crippen LogP contribution in [0.25, 0.3) is 5.78 Å². The van der Waals surface area contributed by atoms with Gasteiger partial charge in [-0.05, 0) is 44.5 Å². The molecular formula is C17H17N5O3. The van der Waals surface area contributed by atoms with Crippen molar-refractivity contribution in [1.82, 2.24) is 24.9 Å². The van der Waals surface area contributed by atoms with Gasteiger partial charge in [-0.15, -0.1) is 5.10 Å². The second-order valence-corrected chi connectivity index (χ2v) is 6.38. The van der Waals surface area contributed by atoms with Crippen molar-refractivity contribution < 1.29 is 14.3 Å². The van der Waals surface area contributed by atoms with E-state index < -0.39 is 5.54 Å². The molecule has 0 unspecified atom stereocenters. The minimum atomic E-state index is -0.641. The molecule has 0 radical (unpaired) electrons. The number of fused-ring (bicyclic) bond motifs is 2. The minimum Gasteiger partial charge on any atom is -0.454 e. The number of ether oxygens (including phenoxy) is 2. The highest BCUT2D eigenvalue weighted by atomic mass is 16.7. The fourth-order valence-electron chi connectivity index (χ4n) is 2.70. The van der Waals surface area contributed by atoms with Crippen LogP contribution in [0.1, 0.15) is 35.7 Å². The molecule has 0 atom stereocenters. The van der Waals surface area contributed by atoms with Gasteiger partial charge in [-0.2, -0.15) is 4.98 Å². The standard InChI is InChI=1S/C17H17N5O3/c1-10-6-7-18-16-19-14(21-22(10)16)15(23)20-17(2,3)11-4-5-12-13(8-11)25-9-24-12/h4-8H,9H2,1-3H3,(H,20,23). The number of hydrogen-bond acceptors (Lipinski definition) is 6. The van der Waals surface area contributed by atoms with Crippen LogP contribution in [0.3, 0.4) is 0 Å². The minimum absolute atomic E-state index is 0.0793. The quantitative estimate of drug-likeness (QED) is 0.783. The third-order valence-corrected chi connectivity index (χ3v) is 4.15. The SMILES string of the molecule is Cc1ccnc2nc(C(=O)NC(C)(C)c3ccc4c(c3)OCO4)nn12. The topological polar surface area (TPSA) is 90.6 Å². The number of aromatic nitrogens is 4. The Labute approximate surface area is 143 Å². The fraction of sp³-hybridized carbons (Fsp3) is 0.294. The molecule has 8 heteroatoms. The molecule has 128 valence electrons. The molecule has 1 N–H and O–H groups in total. The van der Waals surface area contributed by atoms with Crippen LogP contribution in [-0.2, 0) is 5.54 Å². The molecule has 1 aliphatic heterocycles. The third kappa shape index (κ3) is 2.65. The lowest BCUT2D eigenvalue weighted by Crippen LogP contribution is -2.41. The highest BCUT2D eigenvalue weighted by molar-refractivity contribution is 5.91. The Morgan fingerprint density at radius 2 is 2.04 bits per heavy atom. The van der Waals surface area contributed by atoms with Gasteiger partial charge in [-0.3, -0.25) is 4.79 Å². The second kappa shape index (κ2) is 5.44. The van der Waals surface area contributed by atoms with E-state index in [1.54, 1.807) is 16.8 Å². The van der Waals surface area contributed by atoms with E-state index in [-0.39, 0.29) is 18.5 Å². The van der Waals surface area contributed by atoms with Crippen molar-refractivity contribution in [3.8, 4) is 11.5 Å². The van der Waals surface area contributed by atoms with E-state index in [9.17, 15) is 4.79 Å².